The van der Waals surface area contributed by atoms with Crippen LogP contribution in [-0.4, -0.2) is 27.6 Å². The largest absolute Gasteiger partial charge is 0.384 e. The fourth-order valence-electron chi connectivity index (χ4n) is 2.69. The van der Waals surface area contributed by atoms with Crippen molar-refractivity contribution in [3.05, 3.63) is 48.3 Å². The van der Waals surface area contributed by atoms with Crippen LogP contribution in [0, 0.1) is 0 Å². The van der Waals surface area contributed by atoms with Gasteiger partial charge in [0, 0.05) is 13.3 Å². The summed E-state index contributed by atoms with van der Waals surface area (Å²) >= 11 is 0. The number of nitrogens with zero attached hydrogens (tertiary/aromatic N) is 2. The van der Waals surface area contributed by atoms with Gasteiger partial charge in [-0.15, -0.1) is 0 Å². The van der Waals surface area contributed by atoms with E-state index in [-0.39, 0.29) is 0 Å². The zero-order chi connectivity index (χ0) is 13.3. The third kappa shape index (κ3) is 1.97. The number of methoxy groups -OCH3 is 1. The molecule has 1 aliphatic carbocycles. The molecule has 0 bridgehead atoms. The first-order valence-corrected chi connectivity index (χ1v) is 6.59. The van der Waals surface area contributed by atoms with Gasteiger partial charge in [0.2, 0.25) is 0 Å². The molecule has 1 unspecified atom stereocenters. The molecule has 0 aliphatic heterocycles. The summed E-state index contributed by atoms with van der Waals surface area (Å²) in [5.74, 6) is 0. The van der Waals surface area contributed by atoms with Crippen LogP contribution in [0.4, 0.5) is 0 Å². The summed E-state index contributed by atoms with van der Waals surface area (Å²) in [5, 5.41) is 15.0. The monoisotopic (exact) mass is 258 g/mol. The van der Waals surface area contributed by atoms with Crippen LogP contribution in [0.1, 0.15) is 31.1 Å². The van der Waals surface area contributed by atoms with E-state index in [1.165, 1.54) is 0 Å². The molecular formula is C15H18N2O2. The van der Waals surface area contributed by atoms with Crippen LogP contribution in [0.25, 0.3) is 5.69 Å². The topological polar surface area (TPSA) is 47.3 Å². The molecule has 2 aromatic rings. The van der Waals surface area contributed by atoms with Gasteiger partial charge >= 0.3 is 0 Å². The molecule has 0 saturated heterocycles. The van der Waals surface area contributed by atoms with Gasteiger partial charge in [-0.05, 0) is 37.5 Å². The third-order valence-electron chi connectivity index (χ3n) is 4.06. The highest BCUT2D eigenvalue weighted by Gasteiger charge is 2.45. The van der Waals surface area contributed by atoms with Crippen LogP contribution in [0.5, 0.6) is 0 Å². The van der Waals surface area contributed by atoms with Gasteiger partial charge in [0.25, 0.3) is 0 Å². The minimum absolute atomic E-state index is 0.438. The Hall–Kier alpha value is -1.65. The maximum Gasteiger partial charge on any atom is 0.125 e. The van der Waals surface area contributed by atoms with Crippen molar-refractivity contribution in [3.8, 4) is 5.69 Å². The van der Waals surface area contributed by atoms with Gasteiger partial charge < -0.3 is 9.84 Å². The molecule has 1 N–H and O–H groups in total. The molecule has 1 fully saturated rings. The smallest absolute Gasteiger partial charge is 0.125 e. The number of rotatable bonds is 4. The van der Waals surface area contributed by atoms with E-state index in [1.54, 1.807) is 18.0 Å². The Kier molecular flexibility index (Phi) is 3.12. The molecule has 1 heterocycles. The second kappa shape index (κ2) is 4.79. The van der Waals surface area contributed by atoms with Crippen molar-refractivity contribution in [1.29, 1.82) is 0 Å². The average Bonchev–Trinajstić information content (AvgIpc) is 2.88. The molecule has 1 aromatic carbocycles. The van der Waals surface area contributed by atoms with Gasteiger partial charge in [-0.1, -0.05) is 18.2 Å². The number of aromatic nitrogens is 2. The standard InChI is InChI=1S/C15H18N2O2/c1-19-15(9-5-10-15)14(18)13-8-11-16-17(13)12-6-3-2-4-7-12/h2-4,6-8,11,14,18H,5,9-10H2,1H3. The molecule has 100 valence electrons. The molecule has 1 aromatic heterocycles. The summed E-state index contributed by atoms with van der Waals surface area (Å²) in [6.45, 7) is 0. The van der Waals surface area contributed by atoms with Crippen molar-refractivity contribution < 1.29 is 9.84 Å². The predicted molar refractivity (Wildman–Crippen MR) is 72.1 cm³/mol. The van der Waals surface area contributed by atoms with E-state index >= 15 is 0 Å². The lowest BCUT2D eigenvalue weighted by Crippen LogP contribution is -2.45. The van der Waals surface area contributed by atoms with Crippen LogP contribution in [-0.2, 0) is 4.74 Å². The Balaban J connectivity index is 1.96. The van der Waals surface area contributed by atoms with Gasteiger partial charge in [-0.25, -0.2) is 4.68 Å². The first-order chi connectivity index (χ1) is 9.27. The van der Waals surface area contributed by atoms with E-state index in [0.717, 1.165) is 30.6 Å². The molecule has 3 rings (SSSR count). The Labute approximate surface area is 112 Å². The summed E-state index contributed by atoms with van der Waals surface area (Å²) < 4.78 is 7.34. The van der Waals surface area contributed by atoms with Gasteiger partial charge in [0.15, 0.2) is 0 Å². The maximum absolute atomic E-state index is 10.6. The normalized spacial score (nSPS) is 18.8. The zero-order valence-corrected chi connectivity index (χ0v) is 11.0. The molecule has 1 aliphatic rings. The number of hydrogen-bond acceptors (Lipinski definition) is 3. The minimum atomic E-state index is -0.644. The number of aliphatic hydroxyl groups is 1. The third-order valence-corrected chi connectivity index (χ3v) is 4.06. The average molecular weight is 258 g/mol. The number of hydrogen-bond donors (Lipinski definition) is 1. The first kappa shape index (κ1) is 12.4. The fourth-order valence-corrected chi connectivity index (χ4v) is 2.69. The van der Waals surface area contributed by atoms with E-state index in [4.69, 9.17) is 4.74 Å². The fraction of sp³-hybridized carbons (Fsp3) is 0.400. The number of para-hydroxylation sites is 1. The summed E-state index contributed by atoms with van der Waals surface area (Å²) in [6, 6.07) is 11.7. The molecule has 0 spiro atoms. The van der Waals surface area contributed by atoms with E-state index in [2.05, 4.69) is 5.10 Å². The summed E-state index contributed by atoms with van der Waals surface area (Å²) in [6.07, 6.45) is 3.96. The van der Waals surface area contributed by atoms with Crippen LogP contribution < -0.4 is 0 Å². The van der Waals surface area contributed by atoms with E-state index in [1.807, 2.05) is 36.4 Å². The second-order valence-corrected chi connectivity index (χ2v) is 5.03. The molecule has 1 saturated carbocycles. The Bertz CT molecular complexity index is 541. The summed E-state index contributed by atoms with van der Waals surface area (Å²) in [7, 11) is 1.67. The predicted octanol–water partition coefficient (Wildman–Crippen LogP) is 2.47. The van der Waals surface area contributed by atoms with Crippen LogP contribution in [0.15, 0.2) is 42.6 Å². The lowest BCUT2D eigenvalue weighted by atomic mass is 9.74. The van der Waals surface area contributed by atoms with Crippen molar-refractivity contribution in [3.63, 3.8) is 0 Å². The highest BCUT2D eigenvalue weighted by atomic mass is 16.5. The molecular weight excluding hydrogens is 240 g/mol. The number of aliphatic hydroxyl groups excluding tert-OH is 1. The number of ether oxygens (including phenoxy) is 1. The molecule has 4 nitrogen and oxygen atoms in total. The van der Waals surface area contributed by atoms with Gasteiger partial charge in [-0.3, -0.25) is 0 Å². The van der Waals surface area contributed by atoms with Gasteiger partial charge in [0.1, 0.15) is 6.10 Å². The molecule has 19 heavy (non-hydrogen) atoms. The zero-order valence-electron chi connectivity index (χ0n) is 11.0. The SMILES string of the molecule is COC1(C(O)c2ccnn2-c2ccccc2)CCC1. The molecule has 0 amide bonds. The lowest BCUT2D eigenvalue weighted by molar-refractivity contribution is -0.153. The Morgan fingerprint density at radius 2 is 2.00 bits per heavy atom. The highest BCUT2D eigenvalue weighted by Crippen LogP contribution is 2.44. The van der Waals surface area contributed by atoms with Gasteiger partial charge in [0.05, 0.1) is 17.0 Å². The van der Waals surface area contributed by atoms with Crippen LogP contribution in [0.2, 0.25) is 0 Å². The van der Waals surface area contributed by atoms with E-state index in [9.17, 15) is 5.11 Å². The second-order valence-electron chi connectivity index (χ2n) is 5.03. The van der Waals surface area contributed by atoms with Gasteiger partial charge in [-0.2, -0.15) is 5.10 Å². The number of benzene rings is 1. The first-order valence-electron chi connectivity index (χ1n) is 6.59. The lowest BCUT2D eigenvalue weighted by Gasteiger charge is -2.44. The summed E-state index contributed by atoms with van der Waals surface area (Å²) in [4.78, 5) is 0. The van der Waals surface area contributed by atoms with E-state index in [0.29, 0.717) is 0 Å². The van der Waals surface area contributed by atoms with Crippen molar-refractivity contribution in [2.75, 3.05) is 7.11 Å². The Morgan fingerprint density at radius 1 is 1.26 bits per heavy atom. The highest BCUT2D eigenvalue weighted by molar-refractivity contribution is 5.33. The minimum Gasteiger partial charge on any atom is -0.384 e. The summed E-state index contributed by atoms with van der Waals surface area (Å²) in [5.41, 5.74) is 1.30. The molecule has 1 atom stereocenters. The van der Waals surface area contributed by atoms with Crippen molar-refractivity contribution in [2.24, 2.45) is 0 Å². The van der Waals surface area contributed by atoms with E-state index < -0.39 is 11.7 Å². The van der Waals surface area contributed by atoms with Crippen molar-refractivity contribution in [1.82, 2.24) is 9.78 Å². The maximum atomic E-state index is 10.6. The van der Waals surface area contributed by atoms with Crippen LogP contribution >= 0.6 is 0 Å². The molecule has 4 heteroatoms. The quantitative estimate of drug-likeness (QED) is 0.916. The van der Waals surface area contributed by atoms with Crippen molar-refractivity contribution >= 4 is 0 Å². The van der Waals surface area contributed by atoms with Crippen LogP contribution in [0.3, 0.4) is 0 Å². The Morgan fingerprint density at radius 3 is 2.58 bits per heavy atom. The van der Waals surface area contributed by atoms with Crippen molar-refractivity contribution in [2.45, 2.75) is 31.0 Å². The molecule has 0 radical (unpaired) electrons.